The molecule has 0 radical (unpaired) electrons. The number of ether oxygens (including phenoxy) is 2. The second-order valence-corrected chi connectivity index (χ2v) is 8.71. The largest absolute Gasteiger partial charge is 0.493 e. The Balaban J connectivity index is 1.45. The van der Waals surface area contributed by atoms with Gasteiger partial charge in [-0.2, -0.15) is 5.26 Å². The van der Waals surface area contributed by atoms with Crippen LogP contribution in [0.5, 0.6) is 11.5 Å². The highest BCUT2D eigenvalue weighted by Crippen LogP contribution is 2.38. The van der Waals surface area contributed by atoms with E-state index < -0.39 is 0 Å². The Morgan fingerprint density at radius 3 is 2.80 bits per heavy atom. The van der Waals surface area contributed by atoms with Gasteiger partial charge in [0.15, 0.2) is 11.5 Å². The van der Waals surface area contributed by atoms with Crippen molar-refractivity contribution in [2.75, 3.05) is 38.7 Å². The normalized spacial score (nSPS) is 13.9. The number of likely N-dealkylation sites (tertiary alicyclic amines) is 1. The zero-order valence-electron chi connectivity index (χ0n) is 19.9. The third-order valence-corrected chi connectivity index (χ3v) is 6.51. The van der Waals surface area contributed by atoms with Crippen LogP contribution >= 0.6 is 0 Å². The minimum Gasteiger partial charge on any atom is -0.493 e. The fourth-order valence-electron chi connectivity index (χ4n) is 4.65. The summed E-state index contributed by atoms with van der Waals surface area (Å²) in [6.45, 7) is 3.76. The molecule has 1 fully saturated rings. The molecule has 2 N–H and O–H groups in total. The Kier molecular flexibility index (Phi) is 6.82. The molecule has 1 aliphatic rings. The monoisotopic (exact) mass is 467 g/mol. The van der Waals surface area contributed by atoms with Crippen LogP contribution in [0.1, 0.15) is 24.8 Å². The summed E-state index contributed by atoms with van der Waals surface area (Å²) in [5.74, 6) is 1.37. The van der Waals surface area contributed by atoms with E-state index in [0.717, 1.165) is 47.4 Å². The highest BCUT2D eigenvalue weighted by molar-refractivity contribution is 5.96. The third kappa shape index (κ3) is 4.93. The zero-order valence-corrected chi connectivity index (χ0v) is 19.9. The van der Waals surface area contributed by atoms with Gasteiger partial charge in [0, 0.05) is 47.3 Å². The van der Waals surface area contributed by atoms with Crippen molar-refractivity contribution in [2.24, 2.45) is 0 Å². The van der Waals surface area contributed by atoms with Crippen LogP contribution in [0.4, 0.5) is 11.4 Å². The summed E-state index contributed by atoms with van der Waals surface area (Å²) in [7, 11) is 1.65. The van der Waals surface area contributed by atoms with Gasteiger partial charge in [-0.25, -0.2) is 0 Å². The highest BCUT2D eigenvalue weighted by Gasteiger charge is 2.16. The zero-order chi connectivity index (χ0) is 24.0. The second-order valence-electron chi connectivity index (χ2n) is 8.71. The van der Waals surface area contributed by atoms with E-state index in [4.69, 9.17) is 9.47 Å². The van der Waals surface area contributed by atoms with E-state index in [1.165, 1.54) is 19.3 Å². The van der Waals surface area contributed by atoms with Crippen LogP contribution in [0.15, 0.2) is 61.1 Å². The molecule has 0 amide bonds. The summed E-state index contributed by atoms with van der Waals surface area (Å²) >= 11 is 0. The molecule has 35 heavy (non-hydrogen) atoms. The Bertz CT molecular complexity index is 1350. The number of methoxy groups -OCH3 is 1. The van der Waals surface area contributed by atoms with Gasteiger partial charge >= 0.3 is 0 Å². The van der Waals surface area contributed by atoms with Gasteiger partial charge in [0.2, 0.25) is 0 Å². The van der Waals surface area contributed by atoms with Crippen molar-refractivity contribution in [3.8, 4) is 28.7 Å². The molecule has 7 heteroatoms. The molecule has 0 atom stereocenters. The number of hydrogen-bond acceptors (Lipinski definition) is 6. The van der Waals surface area contributed by atoms with Crippen LogP contribution < -0.4 is 14.8 Å². The molecule has 3 heterocycles. The number of aromatic nitrogens is 2. The quantitative estimate of drug-likeness (QED) is 0.345. The van der Waals surface area contributed by atoms with E-state index in [2.05, 4.69) is 26.3 Å². The van der Waals surface area contributed by atoms with Crippen molar-refractivity contribution in [1.82, 2.24) is 14.9 Å². The van der Waals surface area contributed by atoms with Crippen LogP contribution in [0.25, 0.3) is 22.0 Å². The Morgan fingerprint density at radius 2 is 1.97 bits per heavy atom. The summed E-state index contributed by atoms with van der Waals surface area (Å²) < 4.78 is 11.7. The van der Waals surface area contributed by atoms with Gasteiger partial charge in [-0.15, -0.1) is 0 Å². The second kappa shape index (κ2) is 10.5. The summed E-state index contributed by atoms with van der Waals surface area (Å²) in [6.07, 6.45) is 9.10. The summed E-state index contributed by atoms with van der Waals surface area (Å²) in [6, 6.07) is 16.2. The Morgan fingerprint density at radius 1 is 1.09 bits per heavy atom. The number of fused-ring (bicyclic) bond motifs is 1. The van der Waals surface area contributed by atoms with Crippen molar-refractivity contribution in [1.29, 1.82) is 5.26 Å². The van der Waals surface area contributed by atoms with Gasteiger partial charge in [0.1, 0.15) is 12.7 Å². The lowest BCUT2D eigenvalue weighted by atomic mass is 10.0. The molecule has 5 rings (SSSR count). The molecule has 0 aliphatic carbocycles. The van der Waals surface area contributed by atoms with Crippen molar-refractivity contribution < 1.29 is 9.47 Å². The van der Waals surface area contributed by atoms with E-state index >= 15 is 0 Å². The van der Waals surface area contributed by atoms with Crippen LogP contribution in [-0.4, -0.2) is 48.2 Å². The molecule has 2 aromatic heterocycles. The molecule has 4 aromatic rings. The summed E-state index contributed by atoms with van der Waals surface area (Å²) in [4.78, 5) is 10.0. The number of benzene rings is 2. The fourth-order valence-corrected chi connectivity index (χ4v) is 4.65. The molecule has 7 nitrogen and oxygen atoms in total. The van der Waals surface area contributed by atoms with Crippen LogP contribution in [0.2, 0.25) is 0 Å². The number of pyridine rings is 1. The van der Waals surface area contributed by atoms with Crippen LogP contribution in [0.3, 0.4) is 0 Å². The van der Waals surface area contributed by atoms with E-state index in [1.807, 2.05) is 48.7 Å². The Labute approximate surface area is 205 Å². The van der Waals surface area contributed by atoms with Crippen LogP contribution in [-0.2, 0) is 0 Å². The minimum atomic E-state index is 0.471. The predicted molar refractivity (Wildman–Crippen MR) is 138 cm³/mol. The molecule has 1 aliphatic heterocycles. The van der Waals surface area contributed by atoms with Crippen molar-refractivity contribution in [2.45, 2.75) is 19.3 Å². The number of H-pyrrole nitrogens is 1. The topological polar surface area (TPSA) is 86.2 Å². The molecule has 2 aromatic carbocycles. The van der Waals surface area contributed by atoms with Gasteiger partial charge in [-0.3, -0.25) is 9.88 Å². The first-order chi connectivity index (χ1) is 17.3. The maximum Gasteiger partial charge on any atom is 0.161 e. The number of aromatic amines is 1. The van der Waals surface area contributed by atoms with Gasteiger partial charge < -0.3 is 19.8 Å². The van der Waals surface area contributed by atoms with E-state index in [-0.39, 0.29) is 0 Å². The summed E-state index contributed by atoms with van der Waals surface area (Å²) in [5.41, 5.74) is 4.84. The molecule has 0 unspecified atom stereocenters. The maximum absolute atomic E-state index is 9.83. The number of rotatable bonds is 8. The number of nitrogens with zero attached hydrogens (tertiary/aromatic N) is 3. The molecular weight excluding hydrogens is 438 g/mol. The van der Waals surface area contributed by atoms with Crippen molar-refractivity contribution >= 4 is 22.3 Å². The van der Waals surface area contributed by atoms with E-state index in [0.29, 0.717) is 29.4 Å². The maximum atomic E-state index is 9.83. The third-order valence-electron chi connectivity index (χ3n) is 6.51. The first kappa shape index (κ1) is 22.8. The average Bonchev–Trinajstić information content (AvgIpc) is 3.39. The molecular formula is C28H29N5O2. The van der Waals surface area contributed by atoms with Gasteiger partial charge in [0.25, 0.3) is 0 Å². The summed E-state index contributed by atoms with van der Waals surface area (Å²) in [5, 5.41) is 14.4. The number of piperidine rings is 1. The number of hydrogen-bond donors (Lipinski definition) is 2. The lowest BCUT2D eigenvalue weighted by molar-refractivity contribution is 0.180. The minimum absolute atomic E-state index is 0.471. The van der Waals surface area contributed by atoms with E-state index in [1.54, 1.807) is 19.5 Å². The highest BCUT2D eigenvalue weighted by atomic mass is 16.5. The van der Waals surface area contributed by atoms with Gasteiger partial charge in [-0.05, 0) is 61.8 Å². The lowest BCUT2D eigenvalue weighted by Gasteiger charge is -2.26. The number of anilines is 2. The molecule has 178 valence electrons. The smallest absolute Gasteiger partial charge is 0.161 e. The number of nitrogens with one attached hydrogen (secondary N) is 2. The van der Waals surface area contributed by atoms with Crippen molar-refractivity contribution in [3.63, 3.8) is 0 Å². The predicted octanol–water partition coefficient (Wildman–Crippen LogP) is 5.72. The first-order valence-corrected chi connectivity index (χ1v) is 12.0. The molecule has 0 spiro atoms. The van der Waals surface area contributed by atoms with Crippen molar-refractivity contribution in [3.05, 3.63) is 66.6 Å². The van der Waals surface area contributed by atoms with Gasteiger partial charge in [-0.1, -0.05) is 18.6 Å². The molecule has 0 saturated carbocycles. The first-order valence-electron chi connectivity index (χ1n) is 12.0. The molecule has 1 saturated heterocycles. The SMILES string of the molecule is COc1ccc(-c2cncc(C#N)c2Nc2cccc3[nH]ccc23)cc1OCCN1CCCCC1. The lowest BCUT2D eigenvalue weighted by Crippen LogP contribution is -2.33. The van der Waals surface area contributed by atoms with Crippen LogP contribution in [0, 0.1) is 11.3 Å². The molecule has 0 bridgehead atoms. The van der Waals surface area contributed by atoms with Gasteiger partial charge in [0.05, 0.1) is 18.4 Å². The standard InChI is InChI=1S/C28H29N5O2/c1-34-26-9-8-20(16-27(26)35-15-14-33-12-3-2-4-13-33)23-19-30-18-21(17-29)28(23)32-25-7-5-6-24-22(25)10-11-31-24/h5-11,16,18-19,31H,2-4,12-15H2,1H3,(H,30,32). The average molecular weight is 468 g/mol. The van der Waals surface area contributed by atoms with E-state index in [9.17, 15) is 5.26 Å². The Hall–Kier alpha value is -4.02. The fraction of sp³-hybridized carbons (Fsp3) is 0.286. The number of nitriles is 1.